The summed E-state index contributed by atoms with van der Waals surface area (Å²) < 4.78 is 5.23. The zero-order chi connectivity index (χ0) is 12.9. The van der Waals surface area contributed by atoms with Crippen molar-refractivity contribution in [3.63, 3.8) is 0 Å². The van der Waals surface area contributed by atoms with Crippen molar-refractivity contribution in [2.45, 2.75) is 19.5 Å². The van der Waals surface area contributed by atoms with E-state index in [-0.39, 0.29) is 24.0 Å². The number of hydrogen-bond donors (Lipinski definition) is 2. The lowest BCUT2D eigenvalue weighted by Gasteiger charge is -2.11. The molecule has 1 atom stereocenters. The lowest BCUT2D eigenvalue weighted by Crippen LogP contribution is -2.13. The topological polar surface area (TPSA) is 54.1 Å². The van der Waals surface area contributed by atoms with E-state index in [0.29, 0.717) is 17.3 Å². The maximum Gasteiger partial charge on any atom is 0.253 e. The third kappa shape index (κ3) is 2.10. The van der Waals surface area contributed by atoms with Crippen molar-refractivity contribution in [2.75, 3.05) is 7.11 Å². The minimum absolute atomic E-state index is 0. The molecule has 1 aromatic carbocycles. The lowest BCUT2D eigenvalue weighted by molar-refractivity contribution is 0.415. The maximum absolute atomic E-state index is 12.0. The van der Waals surface area contributed by atoms with E-state index in [1.54, 1.807) is 13.2 Å². The fraction of sp³-hybridized carbons (Fsp3) is 0.308. The average Bonchev–Trinajstić information content (AvgIpc) is 2.72. The summed E-state index contributed by atoms with van der Waals surface area (Å²) in [5, 5.41) is 4.76. The molecule has 19 heavy (non-hydrogen) atoms. The van der Waals surface area contributed by atoms with Gasteiger partial charge in [0.05, 0.1) is 17.6 Å². The van der Waals surface area contributed by atoms with Crippen molar-refractivity contribution >= 4 is 34.9 Å². The molecule has 0 spiro atoms. The van der Waals surface area contributed by atoms with Gasteiger partial charge in [-0.15, -0.1) is 12.4 Å². The summed E-state index contributed by atoms with van der Waals surface area (Å²) >= 11 is 6.08. The first-order chi connectivity index (χ1) is 8.61. The molecule has 1 aliphatic heterocycles. The number of rotatable bonds is 1. The van der Waals surface area contributed by atoms with Crippen LogP contribution in [0.25, 0.3) is 10.9 Å². The highest BCUT2D eigenvalue weighted by atomic mass is 35.5. The van der Waals surface area contributed by atoms with Gasteiger partial charge >= 0.3 is 0 Å². The predicted octanol–water partition coefficient (Wildman–Crippen LogP) is 2.78. The smallest absolute Gasteiger partial charge is 0.253 e. The third-order valence-electron chi connectivity index (χ3n) is 3.45. The normalized spacial score (nSPS) is 17.1. The molecular formula is C13H14Cl2N2O2. The van der Waals surface area contributed by atoms with Gasteiger partial charge in [0.25, 0.3) is 5.56 Å². The van der Waals surface area contributed by atoms with Crippen molar-refractivity contribution in [3.05, 3.63) is 38.6 Å². The predicted molar refractivity (Wildman–Crippen MR) is 78.6 cm³/mol. The Hall–Kier alpha value is -1.23. The van der Waals surface area contributed by atoms with Gasteiger partial charge in [0.1, 0.15) is 5.75 Å². The molecule has 0 saturated heterocycles. The van der Waals surface area contributed by atoms with Crippen LogP contribution in [0.5, 0.6) is 5.75 Å². The molecule has 0 radical (unpaired) electrons. The van der Waals surface area contributed by atoms with Gasteiger partial charge < -0.3 is 15.0 Å². The standard InChI is InChI=1S/C13H13ClN2O2.ClH/c1-6-12-7-3-11(18-2)9(14)4-10(7)16-13(17)8(12)5-15-6;/h3-4,6,15H,5H2,1-2H3,(H,16,17);1H/t6-;/m0./s1. The molecule has 2 aromatic rings. The van der Waals surface area contributed by atoms with Crippen LogP contribution in [0.4, 0.5) is 0 Å². The van der Waals surface area contributed by atoms with Crippen LogP contribution in [0.1, 0.15) is 24.1 Å². The number of nitrogens with one attached hydrogen (secondary N) is 2. The molecule has 1 aromatic heterocycles. The maximum atomic E-state index is 12.0. The zero-order valence-electron chi connectivity index (χ0n) is 10.5. The van der Waals surface area contributed by atoms with Gasteiger partial charge in [0.2, 0.25) is 0 Å². The molecule has 4 nitrogen and oxygen atoms in total. The monoisotopic (exact) mass is 300 g/mol. The number of aromatic nitrogens is 1. The molecule has 102 valence electrons. The Morgan fingerprint density at radius 3 is 2.84 bits per heavy atom. The van der Waals surface area contributed by atoms with Gasteiger partial charge in [-0.1, -0.05) is 11.6 Å². The van der Waals surface area contributed by atoms with E-state index >= 15 is 0 Å². The van der Waals surface area contributed by atoms with Crippen LogP contribution in [0, 0.1) is 0 Å². The number of methoxy groups -OCH3 is 1. The summed E-state index contributed by atoms with van der Waals surface area (Å²) in [4.78, 5) is 14.8. The average molecular weight is 301 g/mol. The van der Waals surface area contributed by atoms with Crippen LogP contribution < -0.4 is 15.6 Å². The second-order valence-electron chi connectivity index (χ2n) is 4.48. The van der Waals surface area contributed by atoms with E-state index in [2.05, 4.69) is 10.3 Å². The first kappa shape index (κ1) is 14.2. The Kier molecular flexibility index (Phi) is 3.76. The SMILES string of the molecule is COc1cc2c3c(c(=O)[nH]c2cc1Cl)CN[C@H]3C.Cl. The molecule has 0 saturated carbocycles. The van der Waals surface area contributed by atoms with Crippen LogP contribution in [0.3, 0.4) is 0 Å². The fourth-order valence-corrected chi connectivity index (χ4v) is 2.79. The minimum atomic E-state index is -0.0458. The largest absolute Gasteiger partial charge is 0.495 e. The van der Waals surface area contributed by atoms with Crippen molar-refractivity contribution in [3.8, 4) is 5.75 Å². The van der Waals surface area contributed by atoms with Gasteiger partial charge in [-0.05, 0) is 24.6 Å². The van der Waals surface area contributed by atoms with Gasteiger partial charge in [-0.2, -0.15) is 0 Å². The van der Waals surface area contributed by atoms with E-state index in [9.17, 15) is 4.79 Å². The summed E-state index contributed by atoms with van der Waals surface area (Å²) in [6.07, 6.45) is 0. The Bertz CT molecular complexity index is 697. The molecule has 2 N–H and O–H groups in total. The number of fused-ring (bicyclic) bond motifs is 3. The summed E-state index contributed by atoms with van der Waals surface area (Å²) in [5.74, 6) is 0.623. The third-order valence-corrected chi connectivity index (χ3v) is 3.74. The quantitative estimate of drug-likeness (QED) is 0.851. The molecule has 2 heterocycles. The molecule has 1 aliphatic rings. The van der Waals surface area contributed by atoms with Crippen LogP contribution >= 0.6 is 24.0 Å². The number of H-pyrrole nitrogens is 1. The highest BCUT2D eigenvalue weighted by Gasteiger charge is 2.24. The van der Waals surface area contributed by atoms with Crippen molar-refractivity contribution in [1.29, 1.82) is 0 Å². The number of benzene rings is 1. The van der Waals surface area contributed by atoms with E-state index < -0.39 is 0 Å². The summed E-state index contributed by atoms with van der Waals surface area (Å²) in [7, 11) is 1.58. The Labute approximate surface area is 121 Å². The zero-order valence-corrected chi connectivity index (χ0v) is 12.1. The van der Waals surface area contributed by atoms with Crippen molar-refractivity contribution < 1.29 is 4.74 Å². The van der Waals surface area contributed by atoms with E-state index in [4.69, 9.17) is 16.3 Å². The number of ether oxygens (including phenoxy) is 1. The number of aromatic amines is 1. The Balaban J connectivity index is 0.00000133. The summed E-state index contributed by atoms with van der Waals surface area (Å²) in [5.41, 5.74) is 2.55. The highest BCUT2D eigenvalue weighted by Crippen LogP contribution is 2.35. The van der Waals surface area contributed by atoms with E-state index in [1.165, 1.54) is 0 Å². The van der Waals surface area contributed by atoms with Crippen LogP contribution in [0.15, 0.2) is 16.9 Å². The van der Waals surface area contributed by atoms with Crippen LogP contribution in [-0.4, -0.2) is 12.1 Å². The highest BCUT2D eigenvalue weighted by molar-refractivity contribution is 6.32. The van der Waals surface area contributed by atoms with Gasteiger partial charge in [-0.25, -0.2) is 0 Å². The molecule has 0 bridgehead atoms. The summed E-state index contributed by atoms with van der Waals surface area (Å²) in [6, 6.07) is 3.79. The summed E-state index contributed by atoms with van der Waals surface area (Å²) in [6.45, 7) is 2.65. The Morgan fingerprint density at radius 1 is 1.42 bits per heavy atom. The minimum Gasteiger partial charge on any atom is -0.495 e. The number of hydrogen-bond acceptors (Lipinski definition) is 3. The van der Waals surface area contributed by atoms with Crippen LogP contribution in [-0.2, 0) is 6.54 Å². The Morgan fingerprint density at radius 2 is 2.16 bits per heavy atom. The van der Waals surface area contributed by atoms with Crippen molar-refractivity contribution in [1.82, 2.24) is 10.3 Å². The second-order valence-corrected chi connectivity index (χ2v) is 4.89. The first-order valence-corrected chi connectivity index (χ1v) is 6.15. The van der Waals surface area contributed by atoms with Crippen molar-refractivity contribution in [2.24, 2.45) is 0 Å². The van der Waals surface area contributed by atoms with Gasteiger partial charge in [0.15, 0.2) is 0 Å². The first-order valence-electron chi connectivity index (χ1n) is 5.77. The van der Waals surface area contributed by atoms with Gasteiger partial charge in [-0.3, -0.25) is 4.79 Å². The number of halogens is 2. The molecule has 0 unspecified atom stereocenters. The van der Waals surface area contributed by atoms with E-state index in [0.717, 1.165) is 22.0 Å². The fourth-order valence-electron chi connectivity index (χ4n) is 2.55. The van der Waals surface area contributed by atoms with Gasteiger partial charge in [0, 0.05) is 23.5 Å². The van der Waals surface area contributed by atoms with E-state index in [1.807, 2.05) is 13.0 Å². The molecular weight excluding hydrogens is 287 g/mol. The number of pyridine rings is 1. The molecule has 0 aliphatic carbocycles. The molecule has 3 rings (SSSR count). The molecule has 0 amide bonds. The van der Waals surface area contributed by atoms with Crippen LogP contribution in [0.2, 0.25) is 5.02 Å². The molecule has 0 fully saturated rings. The molecule has 6 heteroatoms. The second kappa shape index (κ2) is 5.04. The lowest BCUT2D eigenvalue weighted by atomic mass is 10.0.